The number of carbonyl (C=O) groups excluding carboxylic acids is 1. The van der Waals surface area contributed by atoms with Gasteiger partial charge in [0.05, 0.1) is 13.2 Å². The van der Waals surface area contributed by atoms with Gasteiger partial charge in [0.1, 0.15) is 5.69 Å². The molecule has 1 heterocycles. The first-order valence-electron chi connectivity index (χ1n) is 5.57. The van der Waals surface area contributed by atoms with Crippen LogP contribution in [-0.2, 0) is 9.47 Å². The topological polar surface area (TPSA) is 51.7 Å². The van der Waals surface area contributed by atoms with Crippen molar-refractivity contribution in [1.82, 2.24) is 9.88 Å². The maximum Gasteiger partial charge on any atom is 0.272 e. The molecule has 0 aliphatic heterocycles. The maximum atomic E-state index is 12.2. The van der Waals surface area contributed by atoms with Crippen LogP contribution in [0.2, 0.25) is 5.02 Å². The van der Waals surface area contributed by atoms with Crippen LogP contribution in [0.5, 0.6) is 0 Å². The van der Waals surface area contributed by atoms with Gasteiger partial charge in [-0.15, -0.1) is 0 Å². The number of carbonyl (C=O) groups is 1. The Kier molecular flexibility index (Phi) is 6.64. The third-order valence-electron chi connectivity index (χ3n) is 2.36. The Bertz CT molecular complexity index is 379. The fourth-order valence-electron chi connectivity index (χ4n) is 1.40. The highest BCUT2D eigenvalue weighted by molar-refractivity contribution is 6.30. The number of nitrogens with zero attached hydrogens (tertiary/aromatic N) is 2. The van der Waals surface area contributed by atoms with Gasteiger partial charge >= 0.3 is 0 Å². The third-order valence-corrected chi connectivity index (χ3v) is 2.59. The van der Waals surface area contributed by atoms with Crippen molar-refractivity contribution in [3.63, 3.8) is 0 Å². The summed E-state index contributed by atoms with van der Waals surface area (Å²) < 4.78 is 9.96. The zero-order valence-electron chi connectivity index (χ0n) is 10.6. The van der Waals surface area contributed by atoms with Crippen LogP contribution in [0.3, 0.4) is 0 Å². The molecular formula is C12H17ClN2O3. The highest BCUT2D eigenvalue weighted by Crippen LogP contribution is 2.10. The highest BCUT2D eigenvalue weighted by atomic mass is 35.5. The molecule has 0 aliphatic rings. The number of hydrogen-bond acceptors (Lipinski definition) is 4. The van der Waals surface area contributed by atoms with E-state index in [2.05, 4.69) is 4.98 Å². The summed E-state index contributed by atoms with van der Waals surface area (Å²) in [6.07, 6.45) is 1.51. The van der Waals surface area contributed by atoms with Crippen molar-refractivity contribution in [2.75, 3.05) is 40.5 Å². The number of methoxy groups -OCH3 is 2. The standard InChI is InChI=1S/C12H17ClN2O3/c1-17-7-5-15(6-8-18-2)12(16)11-9-10(13)3-4-14-11/h3-4,9H,5-8H2,1-2H3. The number of amides is 1. The number of ether oxygens (including phenoxy) is 2. The Hall–Kier alpha value is -1.17. The van der Waals surface area contributed by atoms with E-state index in [1.54, 1.807) is 31.3 Å². The van der Waals surface area contributed by atoms with Crippen molar-refractivity contribution in [2.24, 2.45) is 0 Å². The van der Waals surface area contributed by atoms with Crippen LogP contribution in [0.4, 0.5) is 0 Å². The quantitative estimate of drug-likeness (QED) is 0.754. The SMILES string of the molecule is COCCN(CCOC)C(=O)c1cc(Cl)ccn1. The molecular weight excluding hydrogens is 256 g/mol. The molecule has 1 aromatic rings. The molecule has 1 aromatic heterocycles. The Morgan fingerprint density at radius 1 is 1.33 bits per heavy atom. The Labute approximate surface area is 112 Å². The molecule has 100 valence electrons. The summed E-state index contributed by atoms with van der Waals surface area (Å²) in [5.74, 6) is -0.174. The molecule has 0 spiro atoms. The number of halogens is 1. The molecule has 5 nitrogen and oxygen atoms in total. The Morgan fingerprint density at radius 3 is 2.44 bits per heavy atom. The van der Waals surface area contributed by atoms with E-state index in [0.29, 0.717) is 37.0 Å². The van der Waals surface area contributed by atoms with E-state index < -0.39 is 0 Å². The Morgan fingerprint density at radius 2 is 1.94 bits per heavy atom. The molecule has 0 aromatic carbocycles. The van der Waals surface area contributed by atoms with Gasteiger partial charge in [-0.3, -0.25) is 9.78 Å². The molecule has 0 saturated carbocycles. The van der Waals surface area contributed by atoms with E-state index >= 15 is 0 Å². The average molecular weight is 273 g/mol. The molecule has 0 bridgehead atoms. The minimum Gasteiger partial charge on any atom is -0.383 e. The van der Waals surface area contributed by atoms with Crippen molar-refractivity contribution in [2.45, 2.75) is 0 Å². The normalized spacial score (nSPS) is 10.4. The maximum absolute atomic E-state index is 12.2. The lowest BCUT2D eigenvalue weighted by molar-refractivity contribution is 0.0622. The molecule has 0 radical (unpaired) electrons. The van der Waals surface area contributed by atoms with Gasteiger partial charge in [0, 0.05) is 38.5 Å². The lowest BCUT2D eigenvalue weighted by atomic mass is 10.3. The van der Waals surface area contributed by atoms with Crippen LogP contribution in [0, 0.1) is 0 Å². The lowest BCUT2D eigenvalue weighted by Gasteiger charge is -2.21. The second-order valence-electron chi connectivity index (χ2n) is 3.64. The molecule has 0 unspecified atom stereocenters. The van der Waals surface area contributed by atoms with E-state index in [9.17, 15) is 4.79 Å². The van der Waals surface area contributed by atoms with Crippen LogP contribution in [0.15, 0.2) is 18.3 Å². The van der Waals surface area contributed by atoms with Crippen molar-refractivity contribution >= 4 is 17.5 Å². The van der Waals surface area contributed by atoms with E-state index in [0.717, 1.165) is 0 Å². The van der Waals surface area contributed by atoms with Crippen molar-refractivity contribution in [3.05, 3.63) is 29.0 Å². The molecule has 18 heavy (non-hydrogen) atoms. The van der Waals surface area contributed by atoms with E-state index in [-0.39, 0.29) is 5.91 Å². The van der Waals surface area contributed by atoms with Gasteiger partial charge in [0.25, 0.3) is 5.91 Å². The molecule has 0 N–H and O–H groups in total. The van der Waals surface area contributed by atoms with Crippen LogP contribution >= 0.6 is 11.6 Å². The summed E-state index contributed by atoms with van der Waals surface area (Å²) in [5.41, 5.74) is 0.328. The summed E-state index contributed by atoms with van der Waals surface area (Å²) in [7, 11) is 3.19. The van der Waals surface area contributed by atoms with E-state index in [1.165, 1.54) is 6.20 Å². The molecule has 1 rings (SSSR count). The van der Waals surface area contributed by atoms with Crippen molar-refractivity contribution in [1.29, 1.82) is 0 Å². The van der Waals surface area contributed by atoms with Crippen LogP contribution < -0.4 is 0 Å². The summed E-state index contributed by atoms with van der Waals surface area (Å²) in [4.78, 5) is 17.9. The van der Waals surface area contributed by atoms with Crippen LogP contribution in [0.25, 0.3) is 0 Å². The Balaban J connectivity index is 2.73. The average Bonchev–Trinajstić information content (AvgIpc) is 2.38. The number of rotatable bonds is 7. The predicted molar refractivity (Wildman–Crippen MR) is 68.9 cm³/mol. The number of hydrogen-bond donors (Lipinski definition) is 0. The predicted octanol–water partition coefficient (Wildman–Crippen LogP) is 1.47. The smallest absolute Gasteiger partial charge is 0.272 e. The lowest BCUT2D eigenvalue weighted by Crippen LogP contribution is -2.36. The molecule has 0 saturated heterocycles. The minimum atomic E-state index is -0.174. The highest BCUT2D eigenvalue weighted by Gasteiger charge is 2.16. The molecule has 0 fully saturated rings. The van der Waals surface area contributed by atoms with Crippen LogP contribution in [-0.4, -0.2) is 56.3 Å². The van der Waals surface area contributed by atoms with E-state index in [4.69, 9.17) is 21.1 Å². The minimum absolute atomic E-state index is 0.174. The second kappa shape index (κ2) is 8.02. The van der Waals surface area contributed by atoms with Gasteiger partial charge in [-0.2, -0.15) is 0 Å². The summed E-state index contributed by atoms with van der Waals surface area (Å²) in [5, 5.41) is 0.492. The first-order chi connectivity index (χ1) is 8.69. The van der Waals surface area contributed by atoms with Gasteiger partial charge in [-0.1, -0.05) is 11.6 Å². The summed E-state index contributed by atoms with van der Waals surface area (Å²) >= 11 is 5.84. The van der Waals surface area contributed by atoms with Crippen molar-refractivity contribution < 1.29 is 14.3 Å². The zero-order chi connectivity index (χ0) is 13.4. The fraction of sp³-hybridized carbons (Fsp3) is 0.500. The van der Waals surface area contributed by atoms with Crippen LogP contribution in [0.1, 0.15) is 10.5 Å². The first kappa shape index (κ1) is 14.9. The third kappa shape index (κ3) is 4.60. The molecule has 6 heteroatoms. The summed E-state index contributed by atoms with van der Waals surface area (Å²) in [6.45, 7) is 1.92. The number of aromatic nitrogens is 1. The fourth-order valence-corrected chi connectivity index (χ4v) is 1.56. The summed E-state index contributed by atoms with van der Waals surface area (Å²) in [6, 6.07) is 3.18. The van der Waals surface area contributed by atoms with Gasteiger partial charge < -0.3 is 14.4 Å². The number of pyridine rings is 1. The largest absolute Gasteiger partial charge is 0.383 e. The molecule has 0 atom stereocenters. The molecule has 1 amide bonds. The van der Waals surface area contributed by atoms with Gasteiger partial charge in [-0.05, 0) is 12.1 Å². The van der Waals surface area contributed by atoms with Gasteiger partial charge in [0.2, 0.25) is 0 Å². The second-order valence-corrected chi connectivity index (χ2v) is 4.07. The first-order valence-corrected chi connectivity index (χ1v) is 5.95. The molecule has 0 aliphatic carbocycles. The monoisotopic (exact) mass is 272 g/mol. The zero-order valence-corrected chi connectivity index (χ0v) is 11.3. The van der Waals surface area contributed by atoms with Gasteiger partial charge in [0.15, 0.2) is 0 Å². The van der Waals surface area contributed by atoms with Crippen molar-refractivity contribution in [3.8, 4) is 0 Å². The van der Waals surface area contributed by atoms with E-state index in [1.807, 2.05) is 0 Å². The van der Waals surface area contributed by atoms with Gasteiger partial charge in [-0.25, -0.2) is 0 Å².